The molecule has 18 heavy (non-hydrogen) atoms. The predicted octanol–water partition coefficient (Wildman–Crippen LogP) is 5.02. The summed E-state index contributed by atoms with van der Waals surface area (Å²) in [5.74, 6) is 1.58. The Morgan fingerprint density at radius 3 is 2.28 bits per heavy atom. The monoisotopic (exact) mass is 369 g/mol. The minimum absolute atomic E-state index is 0.0167. The summed E-state index contributed by atoms with van der Waals surface area (Å²) in [4.78, 5) is 0. The molecular weight excluding hydrogens is 358 g/mol. The fourth-order valence-corrected chi connectivity index (χ4v) is 2.25. The van der Waals surface area contributed by atoms with Gasteiger partial charge in [0.1, 0.15) is 11.5 Å². The highest BCUT2D eigenvalue weighted by Crippen LogP contribution is 2.32. The van der Waals surface area contributed by atoms with E-state index in [-0.39, 0.29) is 6.04 Å². The molecule has 2 aromatic carbocycles. The lowest BCUT2D eigenvalue weighted by Crippen LogP contribution is -2.04. The molecule has 0 heterocycles. The van der Waals surface area contributed by atoms with E-state index in [1.165, 1.54) is 0 Å². The van der Waals surface area contributed by atoms with Crippen LogP contribution >= 0.6 is 31.9 Å². The predicted molar refractivity (Wildman–Crippen MR) is 81.0 cm³/mol. The van der Waals surface area contributed by atoms with Crippen molar-refractivity contribution in [2.24, 2.45) is 5.73 Å². The third-order valence-corrected chi connectivity index (χ3v) is 3.67. The molecule has 0 aliphatic heterocycles. The van der Waals surface area contributed by atoms with E-state index in [9.17, 15) is 0 Å². The SMILES string of the molecule is C[C@H](N)c1ccc(Oc2ccc(Br)cc2)c(Br)c1. The summed E-state index contributed by atoms with van der Waals surface area (Å²) in [5.41, 5.74) is 6.91. The maximum atomic E-state index is 5.84. The first-order valence-corrected chi connectivity index (χ1v) is 7.13. The first-order chi connectivity index (χ1) is 8.56. The first-order valence-electron chi connectivity index (χ1n) is 5.54. The second-order valence-corrected chi connectivity index (χ2v) is 5.80. The van der Waals surface area contributed by atoms with Crippen molar-refractivity contribution in [1.82, 2.24) is 0 Å². The Labute approximate surface area is 123 Å². The molecule has 0 fully saturated rings. The Hall–Kier alpha value is -0.840. The topological polar surface area (TPSA) is 35.2 Å². The molecule has 2 N–H and O–H groups in total. The van der Waals surface area contributed by atoms with Crippen LogP contribution in [0.1, 0.15) is 18.5 Å². The van der Waals surface area contributed by atoms with Crippen LogP contribution in [0.2, 0.25) is 0 Å². The van der Waals surface area contributed by atoms with Gasteiger partial charge < -0.3 is 10.5 Å². The quantitative estimate of drug-likeness (QED) is 0.822. The molecular formula is C14H13Br2NO. The van der Waals surface area contributed by atoms with Crippen LogP contribution in [0, 0.1) is 0 Å². The number of halogens is 2. The van der Waals surface area contributed by atoms with Gasteiger partial charge in [-0.15, -0.1) is 0 Å². The van der Waals surface area contributed by atoms with Crippen molar-refractivity contribution in [3.05, 3.63) is 57.0 Å². The van der Waals surface area contributed by atoms with Crippen LogP contribution in [0.3, 0.4) is 0 Å². The van der Waals surface area contributed by atoms with E-state index < -0.39 is 0 Å². The maximum absolute atomic E-state index is 5.84. The second-order valence-electron chi connectivity index (χ2n) is 4.03. The number of rotatable bonds is 3. The van der Waals surface area contributed by atoms with Crippen molar-refractivity contribution >= 4 is 31.9 Å². The van der Waals surface area contributed by atoms with E-state index in [1.54, 1.807) is 0 Å². The van der Waals surface area contributed by atoms with Gasteiger partial charge in [-0.25, -0.2) is 0 Å². The number of ether oxygens (including phenoxy) is 1. The zero-order chi connectivity index (χ0) is 13.1. The van der Waals surface area contributed by atoms with Crippen molar-refractivity contribution < 1.29 is 4.74 Å². The van der Waals surface area contributed by atoms with E-state index in [1.807, 2.05) is 49.4 Å². The highest BCUT2D eigenvalue weighted by Gasteiger charge is 2.06. The van der Waals surface area contributed by atoms with Crippen LogP contribution in [0.15, 0.2) is 51.4 Å². The molecule has 0 bridgehead atoms. The largest absolute Gasteiger partial charge is 0.456 e. The minimum Gasteiger partial charge on any atom is -0.456 e. The average molecular weight is 371 g/mol. The molecule has 0 saturated carbocycles. The summed E-state index contributed by atoms with van der Waals surface area (Å²) in [6.07, 6.45) is 0. The molecule has 0 aromatic heterocycles. The maximum Gasteiger partial charge on any atom is 0.141 e. The zero-order valence-corrected chi connectivity index (χ0v) is 13.0. The summed E-state index contributed by atoms with van der Waals surface area (Å²) in [6.45, 7) is 1.96. The first kappa shape index (κ1) is 13.6. The summed E-state index contributed by atoms with van der Waals surface area (Å²) >= 11 is 6.89. The van der Waals surface area contributed by atoms with Gasteiger partial charge in [-0.2, -0.15) is 0 Å². The molecule has 0 spiro atoms. The van der Waals surface area contributed by atoms with Gasteiger partial charge in [-0.05, 0) is 64.8 Å². The average Bonchev–Trinajstić information content (AvgIpc) is 2.34. The molecule has 2 rings (SSSR count). The molecule has 2 aromatic rings. The van der Waals surface area contributed by atoms with Crippen LogP contribution in [-0.2, 0) is 0 Å². The van der Waals surface area contributed by atoms with Gasteiger partial charge in [0.2, 0.25) is 0 Å². The van der Waals surface area contributed by atoms with E-state index in [0.717, 1.165) is 26.0 Å². The number of benzene rings is 2. The van der Waals surface area contributed by atoms with E-state index in [2.05, 4.69) is 31.9 Å². The van der Waals surface area contributed by atoms with E-state index in [4.69, 9.17) is 10.5 Å². The summed E-state index contributed by atoms with van der Waals surface area (Å²) < 4.78 is 7.72. The molecule has 0 saturated heterocycles. The number of nitrogens with two attached hydrogens (primary N) is 1. The van der Waals surface area contributed by atoms with Crippen LogP contribution in [0.25, 0.3) is 0 Å². The van der Waals surface area contributed by atoms with Gasteiger partial charge in [-0.1, -0.05) is 22.0 Å². The lowest BCUT2D eigenvalue weighted by molar-refractivity contribution is 0.479. The fraction of sp³-hybridized carbons (Fsp3) is 0.143. The second kappa shape index (κ2) is 5.87. The Kier molecular flexibility index (Phi) is 4.43. The Morgan fingerprint density at radius 2 is 1.72 bits per heavy atom. The van der Waals surface area contributed by atoms with Crippen molar-refractivity contribution in [1.29, 1.82) is 0 Å². The number of hydrogen-bond acceptors (Lipinski definition) is 2. The summed E-state index contributed by atoms with van der Waals surface area (Å²) in [5, 5.41) is 0. The molecule has 0 radical (unpaired) electrons. The van der Waals surface area contributed by atoms with Crippen LogP contribution in [0.4, 0.5) is 0 Å². The highest BCUT2D eigenvalue weighted by atomic mass is 79.9. The number of hydrogen-bond donors (Lipinski definition) is 1. The van der Waals surface area contributed by atoms with Gasteiger partial charge in [0, 0.05) is 10.5 Å². The normalized spacial score (nSPS) is 12.2. The third-order valence-electron chi connectivity index (χ3n) is 2.52. The van der Waals surface area contributed by atoms with Gasteiger partial charge in [-0.3, -0.25) is 0 Å². The van der Waals surface area contributed by atoms with Crippen LogP contribution in [0.5, 0.6) is 11.5 Å². The van der Waals surface area contributed by atoms with Gasteiger partial charge in [0.05, 0.1) is 4.47 Å². The Balaban J connectivity index is 2.22. The van der Waals surface area contributed by atoms with Gasteiger partial charge >= 0.3 is 0 Å². The van der Waals surface area contributed by atoms with Crippen molar-refractivity contribution in [2.75, 3.05) is 0 Å². The lowest BCUT2D eigenvalue weighted by Gasteiger charge is -2.11. The van der Waals surface area contributed by atoms with Crippen LogP contribution in [-0.4, -0.2) is 0 Å². The molecule has 2 nitrogen and oxygen atoms in total. The standard InChI is InChI=1S/C14H13Br2NO/c1-9(17)10-2-7-14(13(16)8-10)18-12-5-3-11(15)4-6-12/h2-9H,17H2,1H3/t9-/m0/s1. The molecule has 0 amide bonds. The minimum atomic E-state index is 0.0167. The Bertz CT molecular complexity index is 538. The van der Waals surface area contributed by atoms with Crippen molar-refractivity contribution in [3.8, 4) is 11.5 Å². The Morgan fingerprint density at radius 1 is 1.06 bits per heavy atom. The lowest BCUT2D eigenvalue weighted by atomic mass is 10.1. The van der Waals surface area contributed by atoms with E-state index in [0.29, 0.717) is 0 Å². The van der Waals surface area contributed by atoms with Crippen LogP contribution < -0.4 is 10.5 Å². The van der Waals surface area contributed by atoms with Crippen molar-refractivity contribution in [3.63, 3.8) is 0 Å². The van der Waals surface area contributed by atoms with Gasteiger partial charge in [0.25, 0.3) is 0 Å². The molecule has 94 valence electrons. The molecule has 0 unspecified atom stereocenters. The van der Waals surface area contributed by atoms with Crippen molar-refractivity contribution in [2.45, 2.75) is 13.0 Å². The molecule has 0 aliphatic carbocycles. The molecule has 4 heteroatoms. The summed E-state index contributed by atoms with van der Waals surface area (Å²) in [6, 6.07) is 13.6. The third kappa shape index (κ3) is 3.34. The smallest absolute Gasteiger partial charge is 0.141 e. The molecule has 0 aliphatic rings. The molecule has 1 atom stereocenters. The van der Waals surface area contributed by atoms with Gasteiger partial charge in [0.15, 0.2) is 0 Å². The summed E-state index contributed by atoms with van der Waals surface area (Å²) in [7, 11) is 0. The fourth-order valence-electron chi connectivity index (χ4n) is 1.51. The zero-order valence-electron chi connectivity index (χ0n) is 9.86. The van der Waals surface area contributed by atoms with E-state index >= 15 is 0 Å². The highest BCUT2D eigenvalue weighted by molar-refractivity contribution is 9.10.